The molecule has 0 saturated heterocycles. The minimum atomic E-state index is 0. The third kappa shape index (κ3) is 14.3. The van der Waals surface area contributed by atoms with Gasteiger partial charge in [0.2, 0.25) is 0 Å². The molecule has 0 nitrogen and oxygen atoms in total. The average Bonchev–Trinajstić information content (AvgIpc) is 2.92. The maximum Gasteiger partial charge on any atom is 2.00 e. The van der Waals surface area contributed by atoms with Crippen LogP contribution >= 0.6 is 0 Å². The van der Waals surface area contributed by atoms with Gasteiger partial charge in [0.1, 0.15) is 0 Å². The number of halogens is 2. The van der Waals surface area contributed by atoms with Gasteiger partial charge < -0.3 is 24.8 Å². The van der Waals surface area contributed by atoms with Crippen LogP contribution in [-0.4, -0.2) is 0 Å². The fourth-order valence-corrected chi connectivity index (χ4v) is 1.78. The molecule has 0 bridgehead atoms. The van der Waals surface area contributed by atoms with Gasteiger partial charge in [0.25, 0.3) is 0 Å². The second kappa shape index (κ2) is 20.3. The van der Waals surface area contributed by atoms with E-state index in [4.69, 9.17) is 0 Å². The Bertz CT molecular complexity index is 286. The van der Waals surface area contributed by atoms with Crippen LogP contribution in [0.5, 0.6) is 0 Å². The largest absolute Gasteiger partial charge is 2.00 e. The van der Waals surface area contributed by atoms with Crippen LogP contribution in [0.15, 0.2) is 35.5 Å². The fourth-order valence-electron chi connectivity index (χ4n) is 1.78. The van der Waals surface area contributed by atoms with E-state index in [1.54, 1.807) is 0 Å². The third-order valence-corrected chi connectivity index (χ3v) is 2.57. The first kappa shape index (κ1) is 29.3. The Morgan fingerprint density at radius 2 is 1.15 bits per heavy atom. The van der Waals surface area contributed by atoms with Gasteiger partial charge in [-0.25, -0.2) is 23.3 Å². The molecule has 0 N–H and O–H groups in total. The van der Waals surface area contributed by atoms with Crippen LogP contribution in [0.1, 0.15) is 52.4 Å². The van der Waals surface area contributed by atoms with Crippen LogP contribution < -0.4 is 24.8 Å². The third-order valence-electron chi connectivity index (χ3n) is 2.57. The monoisotopic (exact) mass is 464 g/mol. The Hall–Kier alpha value is 1.31. The van der Waals surface area contributed by atoms with Crippen LogP contribution in [0.3, 0.4) is 0 Å². The summed E-state index contributed by atoms with van der Waals surface area (Å²) in [5.41, 5.74) is 2.79. The number of rotatable bonds is 4. The molecule has 0 aromatic rings. The molecule has 0 atom stereocenters. The molecule has 0 aliphatic heterocycles. The Morgan fingerprint density at radius 3 is 1.35 bits per heavy atom. The molecule has 0 unspecified atom stereocenters. The molecule has 0 fully saturated rings. The second-order valence-electron chi connectivity index (χ2n) is 4.12. The first-order valence-corrected chi connectivity index (χ1v) is 6.39. The van der Waals surface area contributed by atoms with E-state index < -0.39 is 0 Å². The summed E-state index contributed by atoms with van der Waals surface area (Å²) in [6, 6.07) is 0. The normalized spacial score (nSPS) is 13.5. The predicted molar refractivity (Wildman–Crippen MR) is 70.8 cm³/mol. The number of hydrogen-bond acceptors (Lipinski definition) is 0. The summed E-state index contributed by atoms with van der Waals surface area (Å²) >= 11 is 0. The van der Waals surface area contributed by atoms with Crippen LogP contribution in [0.25, 0.3) is 0 Å². The quantitative estimate of drug-likeness (QED) is 0.463. The van der Waals surface area contributed by atoms with Gasteiger partial charge in [-0.2, -0.15) is 12.2 Å². The van der Waals surface area contributed by atoms with Crippen molar-refractivity contribution < 1.29 is 77.2 Å². The molecule has 2 aliphatic rings. The summed E-state index contributed by atoms with van der Waals surface area (Å²) in [5.74, 6) is 0. The van der Waals surface area contributed by atoms with Crippen LogP contribution in [0, 0.1) is 12.2 Å². The van der Waals surface area contributed by atoms with Crippen molar-refractivity contribution in [2.24, 2.45) is 0 Å². The molecule has 2 rings (SSSR count). The van der Waals surface area contributed by atoms with Crippen LogP contribution in [0.4, 0.5) is 0 Å². The van der Waals surface area contributed by atoms with Gasteiger partial charge in [-0.05, 0) is 0 Å². The number of allylic oxidation sites excluding steroid dienone is 8. The summed E-state index contributed by atoms with van der Waals surface area (Å²) in [4.78, 5) is 0. The molecule has 2 aliphatic carbocycles. The maximum absolute atomic E-state index is 3.26. The van der Waals surface area contributed by atoms with E-state index in [0.717, 1.165) is 12.8 Å². The Balaban J connectivity index is -0.000000107. The Labute approximate surface area is 175 Å². The van der Waals surface area contributed by atoms with E-state index in [-0.39, 0.29) is 77.2 Å². The zero-order chi connectivity index (χ0) is 11.6. The van der Waals surface area contributed by atoms with Crippen molar-refractivity contribution in [1.82, 2.24) is 0 Å². The van der Waals surface area contributed by atoms with Gasteiger partial charge in [0.05, 0.1) is 0 Å². The van der Waals surface area contributed by atoms with Gasteiger partial charge >= 0.3 is 52.4 Å². The topological polar surface area (TPSA) is 0 Å². The molecule has 0 aromatic carbocycles. The molecule has 0 radical (unpaired) electrons. The molecule has 0 aromatic heterocycles. The Morgan fingerprint density at radius 1 is 0.800 bits per heavy atom. The van der Waals surface area contributed by atoms with Crippen molar-refractivity contribution in [3.8, 4) is 0 Å². The zero-order valence-electron chi connectivity index (χ0n) is 12.3. The fraction of sp³-hybridized carbons (Fsp3) is 0.500. The number of hydrogen-bond donors (Lipinski definition) is 0. The van der Waals surface area contributed by atoms with Gasteiger partial charge in [-0.15, -0.1) is 12.8 Å². The minimum Gasteiger partial charge on any atom is -1.00 e. The van der Waals surface area contributed by atoms with Crippen LogP contribution in [0.2, 0.25) is 0 Å². The molecule has 108 valence electrons. The first-order valence-electron chi connectivity index (χ1n) is 6.39. The van der Waals surface area contributed by atoms with E-state index in [0.29, 0.717) is 0 Å². The zero-order valence-corrected chi connectivity index (χ0v) is 18.7. The predicted octanol–water partition coefficient (Wildman–Crippen LogP) is -1.05. The summed E-state index contributed by atoms with van der Waals surface area (Å²) in [5, 5.41) is 0. The minimum absolute atomic E-state index is 0. The van der Waals surface area contributed by atoms with E-state index in [1.165, 1.54) is 36.8 Å². The maximum atomic E-state index is 3.26. The molecule has 0 heterocycles. The molecule has 4 heteroatoms. The molecular formula is C16H22Cl2Zr2. The van der Waals surface area contributed by atoms with Crippen LogP contribution in [-0.2, 0) is 52.4 Å². The summed E-state index contributed by atoms with van der Waals surface area (Å²) < 4.78 is 0. The molecule has 20 heavy (non-hydrogen) atoms. The van der Waals surface area contributed by atoms with Gasteiger partial charge in [0, 0.05) is 0 Å². The SMILES string of the molecule is CCCC1=[C-]CC=C1.CCCC1=[C-]CC=C1.[Cl-].[Cl-].[Zr+2].[Zr+2]. The standard InChI is InChI=1S/2C8H11.2ClH.2Zr/c2*1-2-5-8-6-3-4-7-8;;;;/h2*3,6H,2,4-5H2,1H3;2*1H;;/q2*-1;;;2*+2/p-2. The second-order valence-corrected chi connectivity index (χ2v) is 4.12. The summed E-state index contributed by atoms with van der Waals surface area (Å²) in [6.07, 6.45) is 22.2. The van der Waals surface area contributed by atoms with Gasteiger partial charge in [-0.3, -0.25) is 12.2 Å². The van der Waals surface area contributed by atoms with E-state index >= 15 is 0 Å². The average molecular weight is 468 g/mol. The van der Waals surface area contributed by atoms with Crippen molar-refractivity contribution in [3.05, 3.63) is 47.6 Å². The van der Waals surface area contributed by atoms with E-state index in [9.17, 15) is 0 Å². The summed E-state index contributed by atoms with van der Waals surface area (Å²) in [6.45, 7) is 4.39. The Kier molecular flexibility index (Phi) is 29.8. The van der Waals surface area contributed by atoms with Crippen molar-refractivity contribution in [1.29, 1.82) is 0 Å². The van der Waals surface area contributed by atoms with E-state index in [2.05, 4.69) is 50.3 Å². The molecular weight excluding hydrogens is 446 g/mol. The first-order chi connectivity index (χ1) is 7.86. The molecule has 0 amide bonds. The van der Waals surface area contributed by atoms with Crippen molar-refractivity contribution in [2.75, 3.05) is 0 Å². The summed E-state index contributed by atoms with van der Waals surface area (Å²) in [7, 11) is 0. The molecule has 0 saturated carbocycles. The van der Waals surface area contributed by atoms with Gasteiger partial charge in [0.15, 0.2) is 0 Å². The van der Waals surface area contributed by atoms with Crippen molar-refractivity contribution >= 4 is 0 Å². The van der Waals surface area contributed by atoms with Crippen molar-refractivity contribution in [2.45, 2.75) is 52.4 Å². The van der Waals surface area contributed by atoms with Gasteiger partial charge in [-0.1, -0.05) is 39.5 Å². The van der Waals surface area contributed by atoms with Crippen molar-refractivity contribution in [3.63, 3.8) is 0 Å². The smallest absolute Gasteiger partial charge is 1.00 e. The van der Waals surface area contributed by atoms with E-state index in [1.807, 2.05) is 0 Å². The molecule has 0 spiro atoms.